The molecule has 60 heavy (non-hydrogen) atoms. The van der Waals surface area contributed by atoms with Gasteiger partial charge in [-0.1, -0.05) is 200 Å². The first kappa shape index (κ1) is 35.2. The van der Waals surface area contributed by atoms with Gasteiger partial charge in [-0.05, 0) is 97.2 Å². The van der Waals surface area contributed by atoms with E-state index in [-0.39, 0.29) is 0 Å². The highest BCUT2D eigenvalue weighted by atomic mass is 16.3. The second kappa shape index (κ2) is 15.1. The molecule has 0 bridgehead atoms. The lowest BCUT2D eigenvalue weighted by atomic mass is 9.84. The lowest BCUT2D eigenvalue weighted by Crippen LogP contribution is -2.12. The van der Waals surface area contributed by atoms with Gasteiger partial charge in [-0.3, -0.25) is 0 Å². The zero-order valence-electron chi connectivity index (χ0n) is 32.9. The summed E-state index contributed by atoms with van der Waals surface area (Å²) in [5.41, 5.74) is 16.6. The summed E-state index contributed by atoms with van der Waals surface area (Å²) in [7, 11) is 0. The molecule has 0 amide bonds. The molecule has 0 spiro atoms. The van der Waals surface area contributed by atoms with Crippen LogP contribution < -0.4 is 4.90 Å². The molecule has 0 aliphatic rings. The fourth-order valence-electron chi connectivity index (χ4n) is 9.03. The van der Waals surface area contributed by atoms with Crippen molar-refractivity contribution in [3.05, 3.63) is 237 Å². The van der Waals surface area contributed by atoms with Gasteiger partial charge >= 0.3 is 0 Å². The molecule has 0 saturated heterocycles. The minimum absolute atomic E-state index is 0.852. The fraction of sp³-hybridized carbons (Fsp3) is 0. The third kappa shape index (κ3) is 6.14. The predicted molar refractivity (Wildman–Crippen MR) is 253 cm³/mol. The van der Waals surface area contributed by atoms with E-state index in [0.717, 1.165) is 55.7 Å². The Labute approximate surface area is 349 Å². The van der Waals surface area contributed by atoms with Crippen LogP contribution >= 0.6 is 0 Å². The van der Waals surface area contributed by atoms with Crippen LogP contribution in [0.25, 0.3) is 88.3 Å². The largest absolute Gasteiger partial charge is 0.456 e. The van der Waals surface area contributed by atoms with Crippen molar-refractivity contribution in [1.82, 2.24) is 0 Å². The average molecular weight is 766 g/mol. The second-order valence-corrected chi connectivity index (χ2v) is 15.2. The van der Waals surface area contributed by atoms with E-state index in [9.17, 15) is 0 Å². The lowest BCUT2D eigenvalue weighted by Gasteiger charge is -2.30. The van der Waals surface area contributed by atoms with Crippen molar-refractivity contribution in [1.29, 1.82) is 0 Å². The molecule has 11 aromatic rings. The maximum Gasteiger partial charge on any atom is 0.137 e. The highest BCUT2D eigenvalue weighted by molar-refractivity contribution is 6.14. The predicted octanol–water partition coefficient (Wildman–Crippen LogP) is 16.5. The van der Waals surface area contributed by atoms with Gasteiger partial charge < -0.3 is 9.32 Å². The molecule has 10 aromatic carbocycles. The number of hydrogen-bond donors (Lipinski definition) is 0. The SMILES string of the molecule is c1ccc(-c2ccccc2-c2c(-c3ccccc3)cccc2-c2ccccc2N(c2cccc(-c3cccc4ccccc34)c2)c2cccc3oc4ccccc4c23)cc1. The first-order valence-electron chi connectivity index (χ1n) is 20.5. The van der Waals surface area contributed by atoms with Crippen LogP contribution in [-0.2, 0) is 0 Å². The van der Waals surface area contributed by atoms with Gasteiger partial charge in [0.2, 0.25) is 0 Å². The molecular weight excluding hydrogens is 727 g/mol. The van der Waals surface area contributed by atoms with Crippen molar-refractivity contribution < 1.29 is 4.42 Å². The van der Waals surface area contributed by atoms with E-state index in [4.69, 9.17) is 4.42 Å². The number of rotatable bonds is 8. The first-order valence-corrected chi connectivity index (χ1v) is 20.5. The third-order valence-electron chi connectivity index (χ3n) is 11.7. The Morgan fingerprint density at radius 3 is 1.65 bits per heavy atom. The van der Waals surface area contributed by atoms with E-state index in [0.29, 0.717) is 0 Å². The van der Waals surface area contributed by atoms with E-state index in [1.54, 1.807) is 0 Å². The molecule has 282 valence electrons. The zero-order valence-corrected chi connectivity index (χ0v) is 32.9. The van der Waals surface area contributed by atoms with Gasteiger partial charge in [-0.2, -0.15) is 0 Å². The number of fused-ring (bicyclic) bond motifs is 4. The molecular formula is C58H39NO. The van der Waals surface area contributed by atoms with E-state index in [1.807, 2.05) is 6.07 Å². The number of hydrogen-bond acceptors (Lipinski definition) is 2. The molecule has 0 aliphatic heterocycles. The Balaban J connectivity index is 1.21. The number of para-hydroxylation sites is 2. The topological polar surface area (TPSA) is 16.4 Å². The van der Waals surface area contributed by atoms with Crippen LogP contribution in [0.4, 0.5) is 17.1 Å². The van der Waals surface area contributed by atoms with Crippen molar-refractivity contribution in [3.63, 3.8) is 0 Å². The normalized spacial score (nSPS) is 11.3. The van der Waals surface area contributed by atoms with Gasteiger partial charge in [0.1, 0.15) is 11.2 Å². The van der Waals surface area contributed by atoms with Gasteiger partial charge in [0.05, 0.1) is 16.8 Å². The number of furan rings is 1. The highest BCUT2D eigenvalue weighted by Crippen LogP contribution is 2.50. The van der Waals surface area contributed by atoms with Gasteiger partial charge in [-0.25, -0.2) is 0 Å². The van der Waals surface area contributed by atoms with Crippen LogP contribution in [0.2, 0.25) is 0 Å². The van der Waals surface area contributed by atoms with Crippen LogP contribution in [0.15, 0.2) is 241 Å². The number of anilines is 3. The van der Waals surface area contributed by atoms with E-state index in [1.165, 1.54) is 49.7 Å². The van der Waals surface area contributed by atoms with Crippen molar-refractivity contribution in [2.24, 2.45) is 0 Å². The smallest absolute Gasteiger partial charge is 0.137 e. The summed E-state index contributed by atoms with van der Waals surface area (Å²) in [4.78, 5) is 2.44. The summed E-state index contributed by atoms with van der Waals surface area (Å²) in [6, 6.07) is 85.0. The standard InChI is InChI=1S/C58H39NO/c1-3-19-40(20-4-1)46-28-9-10-30-50(46)57-48(42-21-5-2-6-22-42)33-17-34-51(57)49-29-11-13-35-53(49)59(54-36-18-38-56-58(54)52-31-12-14-37-55(52)60-56)44-26-15-25-43(39-44)47-32-16-24-41-23-7-8-27-45(41)47/h1-39H. The van der Waals surface area contributed by atoms with Crippen LogP contribution in [0.1, 0.15) is 0 Å². The summed E-state index contributed by atoms with van der Waals surface area (Å²) >= 11 is 0. The Morgan fingerprint density at radius 1 is 0.300 bits per heavy atom. The Kier molecular flexibility index (Phi) is 8.87. The minimum Gasteiger partial charge on any atom is -0.456 e. The number of benzene rings is 10. The molecule has 1 heterocycles. The van der Waals surface area contributed by atoms with E-state index >= 15 is 0 Å². The van der Waals surface area contributed by atoms with Crippen molar-refractivity contribution in [2.45, 2.75) is 0 Å². The third-order valence-corrected chi connectivity index (χ3v) is 11.7. The molecule has 2 heteroatoms. The van der Waals surface area contributed by atoms with Crippen LogP contribution in [0.3, 0.4) is 0 Å². The maximum absolute atomic E-state index is 6.54. The van der Waals surface area contributed by atoms with E-state index < -0.39 is 0 Å². The molecule has 0 unspecified atom stereocenters. The number of nitrogens with zero attached hydrogens (tertiary/aromatic N) is 1. The maximum atomic E-state index is 6.54. The molecule has 0 fully saturated rings. The van der Waals surface area contributed by atoms with Crippen molar-refractivity contribution in [2.75, 3.05) is 4.90 Å². The average Bonchev–Trinajstić information content (AvgIpc) is 3.72. The molecule has 0 aliphatic carbocycles. The molecule has 0 N–H and O–H groups in total. The van der Waals surface area contributed by atoms with Gasteiger partial charge in [0, 0.05) is 16.6 Å². The Hall–Kier alpha value is -7.94. The summed E-state index contributed by atoms with van der Waals surface area (Å²) in [6.07, 6.45) is 0. The van der Waals surface area contributed by atoms with Gasteiger partial charge in [-0.15, -0.1) is 0 Å². The van der Waals surface area contributed by atoms with Crippen molar-refractivity contribution in [3.8, 4) is 55.6 Å². The Morgan fingerprint density at radius 2 is 0.817 bits per heavy atom. The first-order chi connectivity index (χ1) is 29.8. The second-order valence-electron chi connectivity index (χ2n) is 15.2. The van der Waals surface area contributed by atoms with Crippen molar-refractivity contribution >= 4 is 49.8 Å². The fourth-order valence-corrected chi connectivity index (χ4v) is 9.03. The molecule has 11 rings (SSSR count). The molecule has 2 nitrogen and oxygen atoms in total. The highest BCUT2D eigenvalue weighted by Gasteiger charge is 2.25. The lowest BCUT2D eigenvalue weighted by molar-refractivity contribution is 0.669. The molecule has 1 aromatic heterocycles. The van der Waals surface area contributed by atoms with Crippen LogP contribution in [-0.4, -0.2) is 0 Å². The van der Waals surface area contributed by atoms with Gasteiger partial charge in [0.25, 0.3) is 0 Å². The monoisotopic (exact) mass is 765 g/mol. The molecule has 0 radical (unpaired) electrons. The summed E-state index contributed by atoms with van der Waals surface area (Å²) in [5, 5.41) is 4.61. The minimum atomic E-state index is 0.852. The quantitative estimate of drug-likeness (QED) is 0.153. The Bertz CT molecular complexity index is 3320. The van der Waals surface area contributed by atoms with Crippen LogP contribution in [0, 0.1) is 0 Å². The molecule has 0 atom stereocenters. The zero-order chi connectivity index (χ0) is 39.8. The summed E-state index contributed by atoms with van der Waals surface area (Å²) in [6.45, 7) is 0. The summed E-state index contributed by atoms with van der Waals surface area (Å²) < 4.78 is 6.54. The molecule has 0 saturated carbocycles. The summed E-state index contributed by atoms with van der Waals surface area (Å²) in [5.74, 6) is 0. The van der Waals surface area contributed by atoms with Crippen LogP contribution in [0.5, 0.6) is 0 Å². The van der Waals surface area contributed by atoms with E-state index in [2.05, 4.69) is 235 Å². The van der Waals surface area contributed by atoms with Gasteiger partial charge in [0.15, 0.2) is 0 Å².